The molecule has 0 saturated carbocycles. The SMILES string of the molecule is C/C(=C\CCC(C)(C)C)CCC(O)C(C)(C)O. The molecule has 0 aliphatic heterocycles. The van der Waals surface area contributed by atoms with E-state index in [1.54, 1.807) is 13.8 Å². The molecule has 0 rings (SSSR count). The second-order valence-corrected chi connectivity index (χ2v) is 6.86. The van der Waals surface area contributed by atoms with Crippen LogP contribution in [0.25, 0.3) is 0 Å². The van der Waals surface area contributed by atoms with Gasteiger partial charge in [0.1, 0.15) is 0 Å². The first-order valence-electron chi connectivity index (χ1n) is 6.58. The van der Waals surface area contributed by atoms with Crippen LogP contribution in [-0.4, -0.2) is 21.9 Å². The average Bonchev–Trinajstić information content (AvgIpc) is 2.10. The van der Waals surface area contributed by atoms with Crippen molar-refractivity contribution in [1.82, 2.24) is 0 Å². The highest BCUT2D eigenvalue weighted by Crippen LogP contribution is 2.22. The van der Waals surface area contributed by atoms with Crippen LogP contribution < -0.4 is 0 Å². The van der Waals surface area contributed by atoms with Gasteiger partial charge >= 0.3 is 0 Å². The lowest BCUT2D eigenvalue weighted by Gasteiger charge is -2.24. The van der Waals surface area contributed by atoms with E-state index >= 15 is 0 Å². The third kappa shape index (κ3) is 9.37. The van der Waals surface area contributed by atoms with E-state index < -0.39 is 11.7 Å². The summed E-state index contributed by atoms with van der Waals surface area (Å²) in [6.07, 6.45) is 5.36. The Morgan fingerprint density at radius 2 is 1.71 bits per heavy atom. The molecule has 0 spiro atoms. The Balaban J connectivity index is 3.94. The van der Waals surface area contributed by atoms with Crippen molar-refractivity contribution < 1.29 is 10.2 Å². The van der Waals surface area contributed by atoms with E-state index in [9.17, 15) is 10.2 Å². The van der Waals surface area contributed by atoms with Crippen molar-refractivity contribution in [3.63, 3.8) is 0 Å². The lowest BCUT2D eigenvalue weighted by molar-refractivity contribution is -0.0509. The lowest BCUT2D eigenvalue weighted by Crippen LogP contribution is -2.35. The largest absolute Gasteiger partial charge is 0.390 e. The standard InChI is InChI=1S/C15H30O2/c1-12(8-7-11-14(2,3)4)9-10-13(16)15(5,6)17/h8,13,16-17H,7,9-11H2,1-6H3/b12-8+. The maximum absolute atomic E-state index is 9.71. The smallest absolute Gasteiger partial charge is 0.0849 e. The highest BCUT2D eigenvalue weighted by molar-refractivity contribution is 4.99. The van der Waals surface area contributed by atoms with Crippen molar-refractivity contribution in [1.29, 1.82) is 0 Å². The highest BCUT2D eigenvalue weighted by atomic mass is 16.3. The van der Waals surface area contributed by atoms with Gasteiger partial charge in [-0.05, 0) is 51.9 Å². The molecule has 102 valence electrons. The molecule has 0 bridgehead atoms. The van der Waals surface area contributed by atoms with Crippen LogP contribution in [0.15, 0.2) is 11.6 Å². The van der Waals surface area contributed by atoms with Crippen LogP contribution in [0.3, 0.4) is 0 Å². The molecule has 0 amide bonds. The van der Waals surface area contributed by atoms with E-state index in [4.69, 9.17) is 0 Å². The Bertz CT molecular complexity index is 241. The molecule has 0 fully saturated rings. The molecular weight excluding hydrogens is 212 g/mol. The normalized spacial score (nSPS) is 16.1. The highest BCUT2D eigenvalue weighted by Gasteiger charge is 2.23. The van der Waals surface area contributed by atoms with Crippen LogP contribution in [0, 0.1) is 5.41 Å². The molecule has 17 heavy (non-hydrogen) atoms. The zero-order valence-electron chi connectivity index (χ0n) is 12.4. The summed E-state index contributed by atoms with van der Waals surface area (Å²) in [5.41, 5.74) is 0.687. The molecule has 0 radical (unpaired) electrons. The van der Waals surface area contributed by atoms with Gasteiger partial charge in [0.05, 0.1) is 11.7 Å². The van der Waals surface area contributed by atoms with Gasteiger partial charge in [-0.15, -0.1) is 0 Å². The third-order valence-electron chi connectivity index (χ3n) is 3.01. The minimum absolute atomic E-state index is 0.378. The van der Waals surface area contributed by atoms with Gasteiger partial charge in [-0.2, -0.15) is 0 Å². The Morgan fingerprint density at radius 1 is 1.18 bits per heavy atom. The second-order valence-electron chi connectivity index (χ2n) is 6.86. The van der Waals surface area contributed by atoms with Gasteiger partial charge in [-0.3, -0.25) is 0 Å². The first kappa shape index (κ1) is 16.7. The third-order valence-corrected chi connectivity index (χ3v) is 3.01. The fourth-order valence-electron chi connectivity index (χ4n) is 1.57. The van der Waals surface area contributed by atoms with Gasteiger partial charge < -0.3 is 10.2 Å². The molecule has 2 N–H and O–H groups in total. The summed E-state index contributed by atoms with van der Waals surface area (Å²) < 4.78 is 0. The summed E-state index contributed by atoms with van der Waals surface area (Å²) >= 11 is 0. The molecule has 2 heteroatoms. The predicted octanol–water partition coefficient (Wildman–Crippen LogP) is 3.67. The number of aliphatic hydroxyl groups excluding tert-OH is 1. The molecule has 0 aliphatic carbocycles. The van der Waals surface area contributed by atoms with E-state index in [0.29, 0.717) is 11.8 Å². The van der Waals surface area contributed by atoms with E-state index in [1.807, 2.05) is 0 Å². The van der Waals surface area contributed by atoms with Gasteiger partial charge in [0.2, 0.25) is 0 Å². The summed E-state index contributed by atoms with van der Waals surface area (Å²) in [6, 6.07) is 0. The molecule has 1 atom stereocenters. The van der Waals surface area contributed by atoms with E-state index in [1.165, 1.54) is 12.0 Å². The van der Waals surface area contributed by atoms with Gasteiger partial charge in [0.15, 0.2) is 0 Å². The Kier molecular flexibility index (Phi) is 6.42. The van der Waals surface area contributed by atoms with Crippen molar-refractivity contribution in [3.8, 4) is 0 Å². The predicted molar refractivity (Wildman–Crippen MR) is 74.0 cm³/mol. The summed E-state index contributed by atoms with van der Waals surface area (Å²) in [6.45, 7) is 12.1. The lowest BCUT2D eigenvalue weighted by atomic mass is 9.90. The molecular formula is C15H30O2. The van der Waals surface area contributed by atoms with Gasteiger partial charge in [0, 0.05) is 0 Å². The number of rotatable bonds is 6. The molecule has 0 aromatic rings. The van der Waals surface area contributed by atoms with Crippen LogP contribution in [0.2, 0.25) is 0 Å². The molecule has 1 unspecified atom stereocenters. The maximum Gasteiger partial charge on any atom is 0.0849 e. The molecule has 0 saturated heterocycles. The van der Waals surface area contributed by atoms with Crippen molar-refractivity contribution in [2.24, 2.45) is 5.41 Å². The van der Waals surface area contributed by atoms with Crippen LogP contribution in [0.4, 0.5) is 0 Å². The van der Waals surface area contributed by atoms with E-state index in [0.717, 1.165) is 12.8 Å². The summed E-state index contributed by atoms with van der Waals surface area (Å²) in [5, 5.41) is 19.3. The fraction of sp³-hybridized carbons (Fsp3) is 0.867. The number of hydrogen-bond donors (Lipinski definition) is 2. The quantitative estimate of drug-likeness (QED) is 0.698. The fourth-order valence-corrected chi connectivity index (χ4v) is 1.57. The zero-order chi connectivity index (χ0) is 13.7. The molecule has 0 aromatic heterocycles. The van der Waals surface area contributed by atoms with Gasteiger partial charge in [0.25, 0.3) is 0 Å². The maximum atomic E-state index is 9.71. The van der Waals surface area contributed by atoms with Gasteiger partial charge in [-0.1, -0.05) is 32.4 Å². The Hall–Kier alpha value is -0.340. The van der Waals surface area contributed by atoms with Gasteiger partial charge in [-0.25, -0.2) is 0 Å². The second kappa shape index (κ2) is 6.55. The van der Waals surface area contributed by atoms with Crippen LogP contribution in [-0.2, 0) is 0 Å². The van der Waals surface area contributed by atoms with Crippen LogP contribution >= 0.6 is 0 Å². The van der Waals surface area contributed by atoms with Crippen LogP contribution in [0.5, 0.6) is 0 Å². The summed E-state index contributed by atoms with van der Waals surface area (Å²) in [4.78, 5) is 0. The first-order valence-corrected chi connectivity index (χ1v) is 6.58. The average molecular weight is 242 g/mol. The number of aliphatic hydroxyl groups is 2. The number of hydrogen-bond acceptors (Lipinski definition) is 2. The molecule has 0 heterocycles. The monoisotopic (exact) mass is 242 g/mol. The topological polar surface area (TPSA) is 40.5 Å². The first-order chi connectivity index (χ1) is 7.52. The Morgan fingerprint density at radius 3 is 2.12 bits per heavy atom. The molecule has 2 nitrogen and oxygen atoms in total. The minimum atomic E-state index is -0.994. The van der Waals surface area contributed by atoms with Crippen molar-refractivity contribution >= 4 is 0 Å². The molecule has 0 aromatic carbocycles. The van der Waals surface area contributed by atoms with Crippen molar-refractivity contribution in [3.05, 3.63) is 11.6 Å². The zero-order valence-corrected chi connectivity index (χ0v) is 12.4. The minimum Gasteiger partial charge on any atom is -0.390 e. The Labute approximate surface area is 107 Å². The van der Waals surface area contributed by atoms with Crippen molar-refractivity contribution in [2.45, 2.75) is 78.9 Å². The number of allylic oxidation sites excluding steroid dienone is 2. The van der Waals surface area contributed by atoms with E-state index in [2.05, 4.69) is 33.8 Å². The summed E-state index contributed by atoms with van der Waals surface area (Å²) in [5.74, 6) is 0. The molecule has 0 aliphatic rings. The van der Waals surface area contributed by atoms with Crippen LogP contribution in [0.1, 0.15) is 67.2 Å². The van der Waals surface area contributed by atoms with Crippen molar-refractivity contribution in [2.75, 3.05) is 0 Å². The summed E-state index contributed by atoms with van der Waals surface area (Å²) in [7, 11) is 0. The van der Waals surface area contributed by atoms with E-state index in [-0.39, 0.29) is 0 Å².